The molecule has 1 aromatic carbocycles. The fourth-order valence-corrected chi connectivity index (χ4v) is 6.27. The lowest BCUT2D eigenvalue weighted by Crippen LogP contribution is -2.17. The van der Waals surface area contributed by atoms with Crippen LogP contribution in [0, 0.1) is 0 Å². The Balaban J connectivity index is 1.25. The predicted octanol–water partition coefficient (Wildman–Crippen LogP) is 4.03. The SMILES string of the molecule is CN(C)c1ccc([C@H]2NC[C@H](CSc3ncnc4sc5c(c34)CCC5)O2)cc1. The number of nitrogens with one attached hydrogen (secondary N) is 1. The van der Waals surface area contributed by atoms with Crippen LogP contribution in [0.2, 0.25) is 0 Å². The van der Waals surface area contributed by atoms with Gasteiger partial charge < -0.3 is 9.64 Å². The van der Waals surface area contributed by atoms with E-state index in [0.29, 0.717) is 0 Å². The monoisotopic (exact) mass is 412 g/mol. The van der Waals surface area contributed by atoms with Crippen LogP contribution in [0.4, 0.5) is 5.69 Å². The van der Waals surface area contributed by atoms with Gasteiger partial charge in [-0.05, 0) is 42.5 Å². The summed E-state index contributed by atoms with van der Waals surface area (Å²) in [5.41, 5.74) is 3.87. The summed E-state index contributed by atoms with van der Waals surface area (Å²) in [6.45, 7) is 0.864. The minimum atomic E-state index is -0.0300. The number of aryl methyl sites for hydroxylation is 2. The lowest BCUT2D eigenvalue weighted by atomic mass is 10.2. The number of ether oxygens (including phenoxy) is 1. The van der Waals surface area contributed by atoms with Gasteiger partial charge >= 0.3 is 0 Å². The summed E-state index contributed by atoms with van der Waals surface area (Å²) >= 11 is 3.65. The van der Waals surface area contributed by atoms with Crippen LogP contribution < -0.4 is 10.2 Å². The Labute approximate surface area is 173 Å². The maximum absolute atomic E-state index is 6.27. The molecule has 3 heterocycles. The Morgan fingerprint density at radius 2 is 2.07 bits per heavy atom. The first-order valence-corrected chi connectivity index (χ1v) is 11.5. The van der Waals surface area contributed by atoms with Crippen LogP contribution in [-0.4, -0.2) is 42.5 Å². The van der Waals surface area contributed by atoms with Crippen molar-refractivity contribution in [3.63, 3.8) is 0 Å². The zero-order valence-electron chi connectivity index (χ0n) is 16.1. The van der Waals surface area contributed by atoms with Crippen molar-refractivity contribution >= 4 is 39.0 Å². The van der Waals surface area contributed by atoms with Crippen LogP contribution in [0.15, 0.2) is 35.6 Å². The number of nitrogens with zero attached hydrogens (tertiary/aromatic N) is 3. The van der Waals surface area contributed by atoms with E-state index in [1.165, 1.54) is 46.3 Å². The molecule has 1 aliphatic heterocycles. The van der Waals surface area contributed by atoms with Gasteiger partial charge in [0.15, 0.2) is 0 Å². The van der Waals surface area contributed by atoms with Gasteiger partial charge in [-0.3, -0.25) is 5.32 Å². The molecule has 1 fully saturated rings. The summed E-state index contributed by atoms with van der Waals surface area (Å²) < 4.78 is 6.27. The van der Waals surface area contributed by atoms with Crippen molar-refractivity contribution in [2.45, 2.75) is 36.6 Å². The highest BCUT2D eigenvalue weighted by molar-refractivity contribution is 7.99. The van der Waals surface area contributed by atoms with Gasteiger partial charge in [-0.25, -0.2) is 9.97 Å². The Kier molecular flexibility index (Phi) is 5.00. The molecular formula is C21H24N4OS2. The van der Waals surface area contributed by atoms with Crippen molar-refractivity contribution in [1.29, 1.82) is 0 Å². The minimum absolute atomic E-state index is 0.0300. The zero-order chi connectivity index (χ0) is 19.1. The van der Waals surface area contributed by atoms with Crippen LogP contribution in [0.25, 0.3) is 10.2 Å². The number of aromatic nitrogens is 2. The highest BCUT2D eigenvalue weighted by atomic mass is 32.2. The Hall–Kier alpha value is -1.67. The zero-order valence-corrected chi connectivity index (χ0v) is 17.8. The summed E-state index contributed by atoms with van der Waals surface area (Å²) in [6, 6.07) is 8.56. The first-order valence-electron chi connectivity index (χ1n) is 9.73. The summed E-state index contributed by atoms with van der Waals surface area (Å²) in [7, 11) is 4.11. The Bertz CT molecular complexity index is 986. The van der Waals surface area contributed by atoms with Gasteiger partial charge in [-0.1, -0.05) is 12.1 Å². The lowest BCUT2D eigenvalue weighted by Gasteiger charge is -2.16. The lowest BCUT2D eigenvalue weighted by molar-refractivity contribution is 0.0535. The van der Waals surface area contributed by atoms with E-state index in [1.807, 2.05) is 11.3 Å². The molecule has 0 unspecified atom stereocenters. The Morgan fingerprint density at radius 3 is 2.89 bits per heavy atom. The van der Waals surface area contributed by atoms with Crippen molar-refractivity contribution in [2.75, 3.05) is 31.3 Å². The van der Waals surface area contributed by atoms with Crippen molar-refractivity contribution in [2.24, 2.45) is 0 Å². The molecule has 2 aliphatic rings. The third kappa shape index (κ3) is 3.41. The molecule has 28 heavy (non-hydrogen) atoms. The molecule has 0 radical (unpaired) electrons. The molecule has 3 aromatic rings. The number of fused-ring (bicyclic) bond motifs is 3. The first-order chi connectivity index (χ1) is 13.7. The number of hydrogen-bond acceptors (Lipinski definition) is 7. The van der Waals surface area contributed by atoms with Crippen molar-refractivity contribution in [3.8, 4) is 0 Å². The van der Waals surface area contributed by atoms with Crippen molar-refractivity contribution < 1.29 is 4.74 Å². The highest BCUT2D eigenvalue weighted by Crippen LogP contribution is 2.40. The topological polar surface area (TPSA) is 50.3 Å². The smallest absolute Gasteiger partial charge is 0.134 e. The molecule has 1 aliphatic carbocycles. The van der Waals surface area contributed by atoms with Crippen LogP contribution in [0.3, 0.4) is 0 Å². The number of thiophene rings is 1. The van der Waals surface area contributed by atoms with Gasteiger partial charge in [0.2, 0.25) is 0 Å². The molecule has 2 atom stereocenters. The maximum atomic E-state index is 6.27. The molecule has 0 saturated carbocycles. The third-order valence-corrected chi connectivity index (χ3v) is 7.77. The second-order valence-corrected chi connectivity index (χ2v) is 9.65. The number of benzene rings is 1. The number of hydrogen-bond donors (Lipinski definition) is 1. The van der Waals surface area contributed by atoms with E-state index in [-0.39, 0.29) is 12.3 Å². The van der Waals surface area contributed by atoms with Gasteiger partial charge in [0.1, 0.15) is 22.4 Å². The van der Waals surface area contributed by atoms with Crippen LogP contribution in [-0.2, 0) is 17.6 Å². The molecule has 7 heteroatoms. The fraction of sp³-hybridized carbons (Fsp3) is 0.429. The van der Waals surface area contributed by atoms with Crippen LogP contribution >= 0.6 is 23.1 Å². The van der Waals surface area contributed by atoms with Crippen LogP contribution in [0.1, 0.15) is 28.7 Å². The van der Waals surface area contributed by atoms with Crippen LogP contribution in [0.5, 0.6) is 0 Å². The molecule has 146 valence electrons. The van der Waals surface area contributed by atoms with Gasteiger partial charge in [-0.2, -0.15) is 0 Å². The average Bonchev–Trinajstić information content (AvgIpc) is 3.42. The van der Waals surface area contributed by atoms with E-state index < -0.39 is 0 Å². The van der Waals surface area contributed by atoms with Crippen molar-refractivity contribution in [1.82, 2.24) is 15.3 Å². The summed E-state index contributed by atoms with van der Waals surface area (Å²) in [6.07, 6.45) is 5.49. The summed E-state index contributed by atoms with van der Waals surface area (Å²) in [4.78, 5) is 13.9. The van der Waals surface area contributed by atoms with E-state index in [1.54, 1.807) is 18.1 Å². The van der Waals surface area contributed by atoms with Gasteiger partial charge in [0.05, 0.1) is 6.10 Å². The van der Waals surface area contributed by atoms with Crippen molar-refractivity contribution in [3.05, 3.63) is 46.6 Å². The van der Waals surface area contributed by atoms with E-state index in [9.17, 15) is 0 Å². The molecule has 0 bridgehead atoms. The molecule has 0 spiro atoms. The normalized spacial score (nSPS) is 21.4. The number of anilines is 1. The molecule has 2 aromatic heterocycles. The maximum Gasteiger partial charge on any atom is 0.134 e. The molecule has 5 rings (SSSR count). The molecular weight excluding hydrogens is 388 g/mol. The summed E-state index contributed by atoms with van der Waals surface area (Å²) in [5, 5.41) is 5.92. The first kappa shape index (κ1) is 18.4. The van der Waals surface area contributed by atoms with E-state index in [2.05, 4.69) is 58.5 Å². The molecule has 1 N–H and O–H groups in total. The minimum Gasteiger partial charge on any atom is -0.378 e. The number of thioether (sulfide) groups is 1. The largest absolute Gasteiger partial charge is 0.378 e. The highest BCUT2D eigenvalue weighted by Gasteiger charge is 2.27. The average molecular weight is 413 g/mol. The molecule has 0 amide bonds. The van der Waals surface area contributed by atoms with Gasteiger partial charge in [-0.15, -0.1) is 23.1 Å². The molecule has 5 nitrogen and oxygen atoms in total. The van der Waals surface area contributed by atoms with Gasteiger partial charge in [0.25, 0.3) is 0 Å². The fourth-order valence-electron chi connectivity index (χ4n) is 3.95. The predicted molar refractivity (Wildman–Crippen MR) is 117 cm³/mol. The Morgan fingerprint density at radius 1 is 1.21 bits per heavy atom. The standard InChI is InChI=1S/C21H24N4OS2/c1-25(2)14-8-6-13(7-9-14)19-22-10-15(26-19)11-27-20-18-16-4-3-5-17(16)28-21(18)24-12-23-20/h6-9,12,15,19,22H,3-5,10-11H2,1-2H3/t15-,19+/m1/s1. The third-order valence-electron chi connectivity index (χ3n) is 5.44. The van der Waals surface area contributed by atoms with Gasteiger partial charge in [0, 0.05) is 42.3 Å². The molecule has 1 saturated heterocycles. The number of rotatable bonds is 5. The van der Waals surface area contributed by atoms with E-state index in [4.69, 9.17) is 4.74 Å². The second-order valence-electron chi connectivity index (χ2n) is 7.56. The quantitative estimate of drug-likeness (QED) is 0.504. The van der Waals surface area contributed by atoms with E-state index in [0.717, 1.165) is 22.2 Å². The second kappa shape index (κ2) is 7.63. The van der Waals surface area contributed by atoms with E-state index >= 15 is 0 Å². The summed E-state index contributed by atoms with van der Waals surface area (Å²) in [5.74, 6) is 0.899.